The van der Waals surface area contributed by atoms with E-state index in [1.165, 1.54) is 43.2 Å². The van der Waals surface area contributed by atoms with Gasteiger partial charge in [0.15, 0.2) is 12.7 Å². The molecule has 6 rings (SSSR count). The van der Waals surface area contributed by atoms with Crippen molar-refractivity contribution in [2.75, 3.05) is 11.9 Å². The van der Waals surface area contributed by atoms with Gasteiger partial charge in [0.1, 0.15) is 0 Å². The number of aromatic nitrogens is 2. The van der Waals surface area contributed by atoms with E-state index >= 15 is 0 Å². The SMILES string of the molecule is CN1C(=Cc2cc[n+](Cc3ccccc3)c3ccccc23)Sc2cc(-c3cccnc3)ccc21. The highest BCUT2D eigenvalue weighted by Gasteiger charge is 2.23. The lowest BCUT2D eigenvalue weighted by atomic mass is 10.1. The number of rotatable bonds is 4. The van der Waals surface area contributed by atoms with Crippen LogP contribution in [0.2, 0.25) is 0 Å². The molecular weight excluding hydrogens is 434 g/mol. The Labute approximate surface area is 204 Å². The maximum atomic E-state index is 4.27. The quantitative estimate of drug-likeness (QED) is 0.277. The second-order valence-electron chi connectivity index (χ2n) is 8.47. The molecule has 4 heteroatoms. The number of benzene rings is 3. The summed E-state index contributed by atoms with van der Waals surface area (Å²) in [6, 6.07) is 32.3. The molecule has 34 heavy (non-hydrogen) atoms. The summed E-state index contributed by atoms with van der Waals surface area (Å²) in [5.41, 5.74) is 7.35. The van der Waals surface area contributed by atoms with Crippen molar-refractivity contribution in [2.24, 2.45) is 0 Å². The second-order valence-corrected chi connectivity index (χ2v) is 9.53. The van der Waals surface area contributed by atoms with Crippen molar-refractivity contribution in [3.05, 3.63) is 126 Å². The van der Waals surface area contributed by atoms with Crippen LogP contribution in [0, 0.1) is 0 Å². The molecule has 2 aromatic heterocycles. The summed E-state index contributed by atoms with van der Waals surface area (Å²) >= 11 is 1.82. The van der Waals surface area contributed by atoms with Crippen LogP contribution in [0.15, 0.2) is 120 Å². The molecule has 164 valence electrons. The Hall–Kier alpha value is -3.89. The minimum absolute atomic E-state index is 0.857. The van der Waals surface area contributed by atoms with Gasteiger partial charge in [-0.05, 0) is 41.5 Å². The smallest absolute Gasteiger partial charge is 0.213 e. The first-order valence-corrected chi connectivity index (χ1v) is 12.2. The van der Waals surface area contributed by atoms with Gasteiger partial charge in [0.05, 0.1) is 16.1 Å². The van der Waals surface area contributed by atoms with E-state index in [1.54, 1.807) is 0 Å². The molecule has 0 bridgehead atoms. The van der Waals surface area contributed by atoms with Crippen LogP contribution in [0.1, 0.15) is 11.1 Å². The molecule has 3 nitrogen and oxygen atoms in total. The van der Waals surface area contributed by atoms with Gasteiger partial charge in [-0.3, -0.25) is 4.98 Å². The lowest BCUT2D eigenvalue weighted by Gasteiger charge is -2.14. The topological polar surface area (TPSA) is 20.0 Å². The van der Waals surface area contributed by atoms with Gasteiger partial charge in [0.25, 0.3) is 0 Å². The zero-order valence-electron chi connectivity index (χ0n) is 18.9. The Morgan fingerprint density at radius 1 is 0.882 bits per heavy atom. The lowest BCUT2D eigenvalue weighted by Crippen LogP contribution is -2.34. The minimum atomic E-state index is 0.857. The lowest BCUT2D eigenvalue weighted by molar-refractivity contribution is -0.662. The predicted molar refractivity (Wildman–Crippen MR) is 142 cm³/mol. The van der Waals surface area contributed by atoms with E-state index in [4.69, 9.17) is 0 Å². The summed E-state index contributed by atoms with van der Waals surface area (Å²) in [5.74, 6) is 0. The van der Waals surface area contributed by atoms with Gasteiger partial charge >= 0.3 is 0 Å². The molecule has 0 amide bonds. The number of anilines is 1. The van der Waals surface area contributed by atoms with Gasteiger partial charge < -0.3 is 4.90 Å². The van der Waals surface area contributed by atoms with Gasteiger partial charge in [-0.2, -0.15) is 4.57 Å². The highest BCUT2D eigenvalue weighted by molar-refractivity contribution is 8.03. The molecule has 0 aliphatic carbocycles. The number of para-hydroxylation sites is 1. The molecule has 3 heterocycles. The maximum absolute atomic E-state index is 4.27. The molecule has 1 aliphatic heterocycles. The maximum Gasteiger partial charge on any atom is 0.213 e. The Balaban J connectivity index is 1.36. The molecule has 5 aromatic rings. The summed E-state index contributed by atoms with van der Waals surface area (Å²) < 4.78 is 2.33. The van der Waals surface area contributed by atoms with Crippen LogP contribution in [-0.4, -0.2) is 12.0 Å². The average Bonchev–Trinajstić information content (AvgIpc) is 3.21. The van der Waals surface area contributed by atoms with E-state index in [2.05, 4.69) is 119 Å². The molecule has 0 saturated carbocycles. The largest absolute Gasteiger partial charge is 0.338 e. The van der Waals surface area contributed by atoms with Crippen LogP contribution < -0.4 is 9.47 Å². The van der Waals surface area contributed by atoms with E-state index in [9.17, 15) is 0 Å². The van der Waals surface area contributed by atoms with Crippen LogP contribution in [0.5, 0.6) is 0 Å². The molecule has 1 aliphatic rings. The molecular formula is C30H24N3S+. The average molecular weight is 459 g/mol. The second kappa shape index (κ2) is 8.81. The molecule has 0 N–H and O–H groups in total. The van der Waals surface area contributed by atoms with Crippen LogP contribution in [-0.2, 0) is 6.54 Å². The van der Waals surface area contributed by atoms with Crippen molar-refractivity contribution in [3.63, 3.8) is 0 Å². The third kappa shape index (κ3) is 3.87. The number of nitrogens with zero attached hydrogens (tertiary/aromatic N) is 3. The first-order chi connectivity index (χ1) is 16.8. The standard InChI is InChI=1S/C30H24N3S/c1-32-28-14-13-23(25-10-7-16-31-20-25)18-29(28)34-30(32)19-24-15-17-33(21-22-8-3-2-4-9-22)27-12-6-5-11-26(24)27/h2-20H,21H2,1H3/q+1. The minimum Gasteiger partial charge on any atom is -0.338 e. The number of pyridine rings is 2. The number of fused-ring (bicyclic) bond motifs is 2. The number of thioether (sulfide) groups is 1. The van der Waals surface area contributed by atoms with Crippen molar-refractivity contribution < 1.29 is 4.57 Å². The van der Waals surface area contributed by atoms with Crippen molar-refractivity contribution in [1.29, 1.82) is 0 Å². The summed E-state index contributed by atoms with van der Waals surface area (Å²) in [5, 5.41) is 2.48. The van der Waals surface area contributed by atoms with Gasteiger partial charge in [-0.1, -0.05) is 66.4 Å². The fourth-order valence-electron chi connectivity index (χ4n) is 4.50. The zero-order valence-corrected chi connectivity index (χ0v) is 19.7. The van der Waals surface area contributed by atoms with E-state index in [0.29, 0.717) is 0 Å². The Bertz CT molecular complexity index is 1510. The number of hydrogen-bond acceptors (Lipinski definition) is 3. The number of hydrogen-bond donors (Lipinski definition) is 0. The van der Waals surface area contributed by atoms with Gasteiger partial charge in [-0.15, -0.1) is 0 Å². The Morgan fingerprint density at radius 2 is 1.74 bits per heavy atom. The van der Waals surface area contributed by atoms with Gasteiger partial charge in [0.2, 0.25) is 5.52 Å². The third-order valence-corrected chi connectivity index (χ3v) is 7.44. The molecule has 0 saturated heterocycles. The van der Waals surface area contributed by atoms with Crippen LogP contribution >= 0.6 is 11.8 Å². The summed E-state index contributed by atoms with van der Waals surface area (Å²) in [4.78, 5) is 7.83. The first-order valence-electron chi connectivity index (χ1n) is 11.4. The highest BCUT2D eigenvalue weighted by atomic mass is 32.2. The van der Waals surface area contributed by atoms with Crippen molar-refractivity contribution in [1.82, 2.24) is 4.98 Å². The summed E-state index contributed by atoms with van der Waals surface area (Å²) in [6.07, 6.45) is 8.25. The van der Waals surface area contributed by atoms with Gasteiger partial charge in [-0.25, -0.2) is 0 Å². The highest BCUT2D eigenvalue weighted by Crippen LogP contribution is 2.47. The fraction of sp³-hybridized carbons (Fsp3) is 0.0667. The summed E-state index contributed by atoms with van der Waals surface area (Å²) in [7, 11) is 2.15. The monoisotopic (exact) mass is 458 g/mol. The Morgan fingerprint density at radius 3 is 2.59 bits per heavy atom. The molecule has 0 spiro atoms. The van der Waals surface area contributed by atoms with E-state index in [1.807, 2.05) is 30.2 Å². The fourth-order valence-corrected chi connectivity index (χ4v) is 5.64. The van der Waals surface area contributed by atoms with Crippen molar-refractivity contribution >= 4 is 34.4 Å². The van der Waals surface area contributed by atoms with Crippen molar-refractivity contribution in [3.8, 4) is 11.1 Å². The van der Waals surface area contributed by atoms with Crippen LogP contribution in [0.25, 0.3) is 28.1 Å². The van der Waals surface area contributed by atoms with Crippen LogP contribution in [0.3, 0.4) is 0 Å². The molecule has 0 unspecified atom stereocenters. The zero-order chi connectivity index (χ0) is 22.9. The molecule has 0 fully saturated rings. The third-order valence-electron chi connectivity index (χ3n) is 6.29. The predicted octanol–water partition coefficient (Wildman–Crippen LogP) is 6.78. The summed E-state index contributed by atoms with van der Waals surface area (Å²) in [6.45, 7) is 0.857. The normalized spacial score (nSPS) is 14.0. The van der Waals surface area contributed by atoms with Crippen LogP contribution in [0.4, 0.5) is 5.69 Å². The van der Waals surface area contributed by atoms with E-state index in [0.717, 1.165) is 12.1 Å². The molecule has 3 aromatic carbocycles. The first kappa shape index (κ1) is 20.7. The van der Waals surface area contributed by atoms with Crippen molar-refractivity contribution in [2.45, 2.75) is 11.4 Å². The molecule has 0 atom stereocenters. The Kier molecular flexibility index (Phi) is 5.36. The van der Waals surface area contributed by atoms with Gasteiger partial charge in [0, 0.05) is 47.6 Å². The van der Waals surface area contributed by atoms with E-state index in [-0.39, 0.29) is 0 Å². The molecule has 0 radical (unpaired) electrons. The van der Waals surface area contributed by atoms with E-state index < -0.39 is 0 Å².